The van der Waals surface area contributed by atoms with E-state index in [2.05, 4.69) is 19.2 Å². The minimum Gasteiger partial charge on any atom is -0.508 e. The van der Waals surface area contributed by atoms with Gasteiger partial charge in [-0.3, -0.25) is 9.36 Å². The van der Waals surface area contributed by atoms with Crippen LogP contribution in [-0.2, 0) is 17.1 Å². The molecule has 0 saturated heterocycles. The second kappa shape index (κ2) is 11.3. The van der Waals surface area contributed by atoms with Gasteiger partial charge in [0.05, 0.1) is 17.5 Å². The molecular formula is C29H31N2O4PS. The number of thiophene rings is 1. The maximum absolute atomic E-state index is 13.4. The Bertz CT molecular complexity index is 1430. The van der Waals surface area contributed by atoms with E-state index in [1.54, 1.807) is 59.9 Å². The van der Waals surface area contributed by atoms with Crippen molar-refractivity contribution in [3.05, 3.63) is 94.9 Å². The average molecular weight is 535 g/mol. The maximum atomic E-state index is 13.4. The van der Waals surface area contributed by atoms with Crippen LogP contribution < -0.4 is 16.4 Å². The number of hydrogen-bond donors (Lipinski definition) is 4. The molecule has 0 aliphatic rings. The summed E-state index contributed by atoms with van der Waals surface area (Å²) in [6.07, 6.45) is 1.23. The number of nitrogens with one attached hydrogen (secondary N) is 1. The Labute approximate surface area is 221 Å². The summed E-state index contributed by atoms with van der Waals surface area (Å²) < 4.78 is 13.4. The smallest absolute Gasteiger partial charge is 0.255 e. The molecule has 0 spiro atoms. The van der Waals surface area contributed by atoms with Crippen molar-refractivity contribution in [1.82, 2.24) is 0 Å². The molecule has 1 aromatic heterocycles. The van der Waals surface area contributed by atoms with Gasteiger partial charge >= 0.3 is 0 Å². The van der Waals surface area contributed by atoms with Gasteiger partial charge in [-0.2, -0.15) is 0 Å². The number of rotatable bonds is 9. The molecule has 8 heteroatoms. The molecule has 0 aliphatic carbocycles. The lowest BCUT2D eigenvalue weighted by atomic mass is 10.0. The number of carbonyl (C=O) groups is 1. The summed E-state index contributed by atoms with van der Waals surface area (Å²) in [5.74, 6) is 0.123. The van der Waals surface area contributed by atoms with Crippen molar-refractivity contribution in [1.29, 1.82) is 0 Å². The van der Waals surface area contributed by atoms with Crippen LogP contribution in [0, 0.1) is 5.92 Å². The summed E-state index contributed by atoms with van der Waals surface area (Å²) >= 11 is 1.60. The number of nitrogens with two attached hydrogens (primary N) is 1. The number of carbonyl (C=O) groups excluding carboxylic acids is 1. The first kappa shape index (κ1) is 26.7. The van der Waals surface area contributed by atoms with Gasteiger partial charge < -0.3 is 21.1 Å². The fraction of sp³-hybridized carbons (Fsp3) is 0.207. The fourth-order valence-corrected chi connectivity index (χ4v) is 6.70. The van der Waals surface area contributed by atoms with Crippen molar-refractivity contribution in [2.75, 3.05) is 11.1 Å². The maximum Gasteiger partial charge on any atom is 0.255 e. The van der Waals surface area contributed by atoms with Crippen molar-refractivity contribution < 1.29 is 19.4 Å². The van der Waals surface area contributed by atoms with E-state index in [-0.39, 0.29) is 23.1 Å². The van der Waals surface area contributed by atoms with E-state index < -0.39 is 7.37 Å². The SMILES string of the molecule is CC(C)CCc1c(O)cccc1P(=O)(O)Cc1ccc(C(=O)Nc2cc(-c3cccs3)ccc2N)cc1. The predicted octanol–water partition coefficient (Wildman–Crippen LogP) is 6.64. The van der Waals surface area contributed by atoms with Crippen LogP contribution in [-0.4, -0.2) is 15.9 Å². The van der Waals surface area contributed by atoms with Crippen molar-refractivity contribution in [2.45, 2.75) is 32.9 Å². The van der Waals surface area contributed by atoms with E-state index in [0.717, 1.165) is 16.9 Å². The second-order valence-corrected chi connectivity index (χ2v) is 12.6. The summed E-state index contributed by atoms with van der Waals surface area (Å²) in [5.41, 5.74) is 9.61. The molecule has 0 aliphatic heterocycles. The molecule has 4 aromatic rings. The molecular weight excluding hydrogens is 503 g/mol. The van der Waals surface area contributed by atoms with E-state index in [1.165, 1.54) is 0 Å². The van der Waals surface area contributed by atoms with Crippen LogP contribution >= 0.6 is 18.7 Å². The quantitative estimate of drug-likeness (QED) is 0.142. The molecule has 0 fully saturated rings. The number of phenolic OH excluding ortho intramolecular Hbond substituents is 1. The largest absolute Gasteiger partial charge is 0.508 e. The Kier molecular flexibility index (Phi) is 8.18. The van der Waals surface area contributed by atoms with E-state index in [9.17, 15) is 19.4 Å². The molecule has 3 aromatic carbocycles. The van der Waals surface area contributed by atoms with Crippen LogP contribution in [0.1, 0.15) is 41.8 Å². The number of nitrogen functional groups attached to an aromatic ring is 1. The molecule has 0 saturated carbocycles. The van der Waals surface area contributed by atoms with Crippen LogP contribution in [0.15, 0.2) is 78.2 Å². The summed E-state index contributed by atoms with van der Waals surface area (Å²) in [6, 6.07) is 20.9. The second-order valence-electron chi connectivity index (χ2n) is 9.50. The highest BCUT2D eigenvalue weighted by molar-refractivity contribution is 7.65. The van der Waals surface area contributed by atoms with Gasteiger partial charge in [-0.25, -0.2) is 0 Å². The third-order valence-corrected chi connectivity index (χ3v) is 9.08. The summed E-state index contributed by atoms with van der Waals surface area (Å²) in [5, 5.41) is 15.5. The van der Waals surface area contributed by atoms with Gasteiger partial charge in [0.15, 0.2) is 0 Å². The highest BCUT2D eigenvalue weighted by Gasteiger charge is 2.27. The summed E-state index contributed by atoms with van der Waals surface area (Å²) in [4.78, 5) is 24.9. The number of phenols is 1. The zero-order chi connectivity index (χ0) is 26.6. The van der Waals surface area contributed by atoms with Crippen LogP contribution in [0.25, 0.3) is 10.4 Å². The molecule has 1 amide bonds. The fourth-order valence-electron chi connectivity index (χ4n) is 4.13. The van der Waals surface area contributed by atoms with Crippen molar-refractivity contribution in [3.8, 4) is 16.2 Å². The van der Waals surface area contributed by atoms with Gasteiger partial charge in [0.25, 0.3) is 5.91 Å². The van der Waals surface area contributed by atoms with Crippen molar-refractivity contribution >= 4 is 41.3 Å². The molecule has 5 N–H and O–H groups in total. The van der Waals surface area contributed by atoms with Gasteiger partial charge in [-0.1, -0.05) is 44.2 Å². The first-order chi connectivity index (χ1) is 17.6. The van der Waals surface area contributed by atoms with E-state index in [4.69, 9.17) is 5.73 Å². The minimum absolute atomic E-state index is 0.0434. The van der Waals surface area contributed by atoms with Crippen LogP contribution in [0.4, 0.5) is 11.4 Å². The molecule has 1 atom stereocenters. The normalized spacial score (nSPS) is 12.9. The number of anilines is 2. The zero-order valence-electron chi connectivity index (χ0n) is 20.8. The Morgan fingerprint density at radius 2 is 1.81 bits per heavy atom. The molecule has 37 heavy (non-hydrogen) atoms. The minimum atomic E-state index is -3.80. The molecule has 0 bridgehead atoms. The third-order valence-electron chi connectivity index (χ3n) is 6.19. The third kappa shape index (κ3) is 6.50. The van der Waals surface area contributed by atoms with Crippen molar-refractivity contribution in [2.24, 2.45) is 5.92 Å². The van der Waals surface area contributed by atoms with Crippen LogP contribution in [0.5, 0.6) is 5.75 Å². The van der Waals surface area contributed by atoms with E-state index >= 15 is 0 Å². The lowest BCUT2D eigenvalue weighted by molar-refractivity contribution is 0.102. The number of aromatic hydroxyl groups is 1. The molecule has 6 nitrogen and oxygen atoms in total. The van der Waals surface area contributed by atoms with Crippen LogP contribution in [0.3, 0.4) is 0 Å². The van der Waals surface area contributed by atoms with Gasteiger partial charge in [0, 0.05) is 21.3 Å². The van der Waals surface area contributed by atoms with E-state index in [1.807, 2.05) is 29.6 Å². The highest BCUT2D eigenvalue weighted by Crippen LogP contribution is 2.45. The Hall–Kier alpha value is -3.38. The molecule has 1 heterocycles. The predicted molar refractivity (Wildman–Crippen MR) is 153 cm³/mol. The average Bonchev–Trinajstić information content (AvgIpc) is 3.39. The topological polar surface area (TPSA) is 113 Å². The highest BCUT2D eigenvalue weighted by atomic mass is 32.1. The molecule has 0 radical (unpaired) electrons. The molecule has 4 rings (SSSR count). The first-order valence-corrected chi connectivity index (χ1v) is 14.8. The Morgan fingerprint density at radius 1 is 1.05 bits per heavy atom. The monoisotopic (exact) mass is 534 g/mol. The van der Waals surface area contributed by atoms with Gasteiger partial charge in [0.2, 0.25) is 7.37 Å². The summed E-state index contributed by atoms with van der Waals surface area (Å²) in [6.45, 7) is 4.15. The summed E-state index contributed by atoms with van der Waals surface area (Å²) in [7, 11) is -3.80. The van der Waals surface area contributed by atoms with Crippen molar-refractivity contribution in [3.63, 3.8) is 0 Å². The standard InChI is InChI=1S/C29H31N2O4PS/c1-19(2)8-14-23-26(32)5-3-6-27(23)36(34,35)18-20-9-11-21(12-10-20)29(33)31-25-17-22(13-15-24(25)30)28-7-4-16-37-28/h3-7,9-13,15-17,19,32H,8,14,18,30H2,1-2H3,(H,31,33)(H,34,35). The van der Waals surface area contributed by atoms with E-state index in [0.29, 0.717) is 40.4 Å². The number of amides is 1. The Balaban J connectivity index is 1.49. The van der Waals surface area contributed by atoms with Gasteiger partial charge in [-0.05, 0) is 77.7 Å². The lowest BCUT2D eigenvalue weighted by Crippen LogP contribution is -2.14. The number of benzene rings is 3. The van der Waals surface area contributed by atoms with Gasteiger partial charge in [0.1, 0.15) is 5.75 Å². The van der Waals surface area contributed by atoms with Crippen LogP contribution in [0.2, 0.25) is 0 Å². The molecule has 192 valence electrons. The van der Waals surface area contributed by atoms with Gasteiger partial charge in [-0.15, -0.1) is 11.3 Å². The molecule has 1 unspecified atom stereocenters. The Morgan fingerprint density at radius 3 is 2.49 bits per heavy atom. The zero-order valence-corrected chi connectivity index (χ0v) is 22.6. The lowest BCUT2D eigenvalue weighted by Gasteiger charge is -2.18. The number of hydrogen-bond acceptors (Lipinski definition) is 5. The first-order valence-electron chi connectivity index (χ1n) is 12.1.